The van der Waals surface area contributed by atoms with Crippen LogP contribution < -0.4 is 0 Å². The fourth-order valence-electron chi connectivity index (χ4n) is 3.28. The zero-order valence-electron chi connectivity index (χ0n) is 14.1. The Morgan fingerprint density at radius 1 is 1.38 bits per heavy atom. The molecular formula is C19H18FN3O2S. The largest absolute Gasteiger partial charge is 0.445 e. The molecule has 0 saturated carbocycles. The average Bonchev–Trinajstić information content (AvgIpc) is 3.33. The summed E-state index contributed by atoms with van der Waals surface area (Å²) >= 11 is 1.36. The number of likely N-dealkylation sites (tertiary alicyclic amines) is 1. The standard InChI is InChI=1S/C19H18FN3O2S/c20-15-5-1-3-13(7-15)8-16-9-22-18(25-16)14-4-2-6-23(11-14)19(24)17-10-21-12-26-17/h1,3,5,7,9-10,12,14H,2,4,6,8,11H2. The van der Waals surface area contributed by atoms with Crippen molar-refractivity contribution < 1.29 is 13.6 Å². The van der Waals surface area contributed by atoms with Crippen LogP contribution in [0, 0.1) is 5.82 Å². The molecule has 1 aliphatic heterocycles. The fraction of sp³-hybridized carbons (Fsp3) is 0.316. The molecule has 4 rings (SSSR count). The van der Waals surface area contributed by atoms with E-state index < -0.39 is 0 Å². The first-order chi connectivity index (χ1) is 12.7. The first-order valence-corrected chi connectivity index (χ1v) is 9.44. The van der Waals surface area contributed by atoms with Crippen molar-refractivity contribution in [2.75, 3.05) is 13.1 Å². The minimum absolute atomic E-state index is 0.0174. The lowest BCUT2D eigenvalue weighted by Crippen LogP contribution is -2.38. The lowest BCUT2D eigenvalue weighted by atomic mass is 9.98. The molecule has 3 heterocycles. The number of benzene rings is 1. The van der Waals surface area contributed by atoms with Gasteiger partial charge in [-0.2, -0.15) is 0 Å². The third-order valence-corrected chi connectivity index (χ3v) is 5.30. The van der Waals surface area contributed by atoms with Gasteiger partial charge in [0.15, 0.2) is 5.89 Å². The number of thiazole rings is 1. The third-order valence-electron chi connectivity index (χ3n) is 4.54. The number of amides is 1. The van der Waals surface area contributed by atoms with Gasteiger partial charge in [-0.3, -0.25) is 9.78 Å². The molecule has 1 amide bonds. The van der Waals surface area contributed by atoms with Gasteiger partial charge in [0, 0.05) is 19.5 Å². The highest BCUT2D eigenvalue weighted by molar-refractivity contribution is 7.11. The van der Waals surface area contributed by atoms with Crippen molar-refractivity contribution in [1.29, 1.82) is 0 Å². The molecule has 0 N–H and O–H groups in total. The Morgan fingerprint density at radius 2 is 2.31 bits per heavy atom. The summed E-state index contributed by atoms with van der Waals surface area (Å²) in [5, 5.41) is 0. The number of carbonyl (C=O) groups excluding carboxylic acids is 1. The highest BCUT2D eigenvalue weighted by Crippen LogP contribution is 2.28. The fourth-order valence-corrected chi connectivity index (χ4v) is 3.87. The van der Waals surface area contributed by atoms with E-state index in [1.54, 1.807) is 24.0 Å². The van der Waals surface area contributed by atoms with Crippen molar-refractivity contribution in [3.05, 3.63) is 70.1 Å². The molecule has 1 atom stereocenters. The Labute approximate surface area is 154 Å². The Kier molecular flexibility index (Phi) is 4.79. The van der Waals surface area contributed by atoms with Gasteiger partial charge in [-0.1, -0.05) is 12.1 Å². The van der Waals surface area contributed by atoms with Crippen LogP contribution in [0.25, 0.3) is 0 Å². The normalized spacial score (nSPS) is 17.4. The summed E-state index contributed by atoms with van der Waals surface area (Å²) in [6.07, 6.45) is 5.66. The predicted octanol–water partition coefficient (Wildman–Crippen LogP) is 3.88. The van der Waals surface area contributed by atoms with Gasteiger partial charge in [-0.25, -0.2) is 9.37 Å². The van der Waals surface area contributed by atoms with Crippen LogP contribution in [0.1, 0.15) is 45.6 Å². The number of halogens is 1. The van der Waals surface area contributed by atoms with Crippen molar-refractivity contribution in [3.8, 4) is 0 Å². The number of carbonyl (C=O) groups is 1. The summed E-state index contributed by atoms with van der Waals surface area (Å²) < 4.78 is 19.2. The maximum atomic E-state index is 13.3. The van der Waals surface area contributed by atoms with Gasteiger partial charge in [0.25, 0.3) is 5.91 Å². The predicted molar refractivity (Wildman–Crippen MR) is 95.7 cm³/mol. The van der Waals surface area contributed by atoms with Gasteiger partial charge in [0.2, 0.25) is 0 Å². The first-order valence-electron chi connectivity index (χ1n) is 8.56. The molecule has 0 aliphatic carbocycles. The second-order valence-electron chi connectivity index (χ2n) is 6.43. The van der Waals surface area contributed by atoms with E-state index in [0.717, 1.165) is 24.9 Å². The van der Waals surface area contributed by atoms with Crippen LogP contribution in [0.3, 0.4) is 0 Å². The van der Waals surface area contributed by atoms with Crippen molar-refractivity contribution >= 4 is 17.2 Å². The number of rotatable bonds is 4. The zero-order valence-corrected chi connectivity index (χ0v) is 14.9. The minimum Gasteiger partial charge on any atom is -0.445 e. The van der Waals surface area contributed by atoms with Crippen molar-refractivity contribution in [1.82, 2.24) is 14.9 Å². The maximum absolute atomic E-state index is 13.3. The Balaban J connectivity index is 1.44. The average molecular weight is 371 g/mol. The van der Waals surface area contributed by atoms with E-state index in [1.807, 2.05) is 11.0 Å². The lowest BCUT2D eigenvalue weighted by Gasteiger charge is -2.30. The minimum atomic E-state index is -0.258. The summed E-state index contributed by atoms with van der Waals surface area (Å²) in [5.74, 6) is 1.20. The summed E-state index contributed by atoms with van der Waals surface area (Å²) in [4.78, 5) is 23.4. The van der Waals surface area contributed by atoms with Crippen LogP contribution >= 0.6 is 11.3 Å². The van der Waals surface area contributed by atoms with E-state index in [1.165, 1.54) is 23.5 Å². The van der Waals surface area contributed by atoms with Gasteiger partial charge in [-0.05, 0) is 30.5 Å². The molecule has 2 aromatic heterocycles. The number of aromatic nitrogens is 2. The molecule has 3 aromatic rings. The van der Waals surface area contributed by atoms with Crippen LogP contribution in [0.15, 0.2) is 46.6 Å². The summed E-state index contributed by atoms with van der Waals surface area (Å²) in [6.45, 7) is 1.33. The van der Waals surface area contributed by atoms with Gasteiger partial charge < -0.3 is 9.32 Å². The first kappa shape index (κ1) is 16.9. The molecule has 1 saturated heterocycles. The number of piperidine rings is 1. The highest BCUT2D eigenvalue weighted by Gasteiger charge is 2.28. The monoisotopic (exact) mass is 371 g/mol. The van der Waals surface area contributed by atoms with E-state index >= 15 is 0 Å². The smallest absolute Gasteiger partial charge is 0.265 e. The summed E-state index contributed by atoms with van der Waals surface area (Å²) in [7, 11) is 0. The summed E-state index contributed by atoms with van der Waals surface area (Å²) in [5.41, 5.74) is 2.51. The van der Waals surface area contributed by atoms with Crippen LogP contribution in [0.5, 0.6) is 0 Å². The van der Waals surface area contributed by atoms with Crippen LogP contribution in [0.4, 0.5) is 4.39 Å². The molecule has 5 nitrogen and oxygen atoms in total. The van der Waals surface area contributed by atoms with Gasteiger partial charge >= 0.3 is 0 Å². The number of hydrogen-bond acceptors (Lipinski definition) is 5. The van der Waals surface area contributed by atoms with Crippen LogP contribution in [-0.2, 0) is 6.42 Å². The molecule has 1 aliphatic rings. The SMILES string of the molecule is O=C(c1cncs1)N1CCCC(c2ncc(Cc3cccc(F)c3)o2)C1. The number of oxazole rings is 1. The Hall–Kier alpha value is -2.54. The molecule has 0 bridgehead atoms. The zero-order chi connectivity index (χ0) is 17.9. The third kappa shape index (κ3) is 3.67. The topological polar surface area (TPSA) is 59.2 Å². The second kappa shape index (κ2) is 7.37. The van der Waals surface area contributed by atoms with E-state index in [2.05, 4.69) is 9.97 Å². The lowest BCUT2D eigenvalue weighted by molar-refractivity contribution is 0.0702. The molecule has 0 spiro atoms. The second-order valence-corrected chi connectivity index (χ2v) is 7.31. The van der Waals surface area contributed by atoms with Crippen molar-refractivity contribution in [2.24, 2.45) is 0 Å². The number of hydrogen-bond donors (Lipinski definition) is 0. The van der Waals surface area contributed by atoms with Gasteiger partial charge in [-0.15, -0.1) is 11.3 Å². The van der Waals surface area contributed by atoms with E-state index in [-0.39, 0.29) is 17.6 Å². The van der Waals surface area contributed by atoms with Crippen LogP contribution in [0.2, 0.25) is 0 Å². The van der Waals surface area contributed by atoms with E-state index in [9.17, 15) is 9.18 Å². The molecule has 7 heteroatoms. The van der Waals surface area contributed by atoms with E-state index in [0.29, 0.717) is 29.5 Å². The molecule has 1 unspecified atom stereocenters. The quantitative estimate of drug-likeness (QED) is 0.698. The molecular weight excluding hydrogens is 353 g/mol. The number of nitrogens with zero attached hydrogens (tertiary/aromatic N) is 3. The van der Waals surface area contributed by atoms with Crippen LogP contribution in [-0.4, -0.2) is 33.9 Å². The molecule has 0 radical (unpaired) electrons. The molecule has 1 fully saturated rings. The van der Waals surface area contributed by atoms with Crippen molar-refractivity contribution in [3.63, 3.8) is 0 Å². The molecule has 134 valence electrons. The maximum Gasteiger partial charge on any atom is 0.265 e. The highest BCUT2D eigenvalue weighted by atomic mass is 32.1. The van der Waals surface area contributed by atoms with Gasteiger partial charge in [0.1, 0.15) is 16.5 Å². The van der Waals surface area contributed by atoms with Gasteiger partial charge in [0.05, 0.1) is 23.8 Å². The van der Waals surface area contributed by atoms with Crippen molar-refractivity contribution in [2.45, 2.75) is 25.2 Å². The molecule has 26 heavy (non-hydrogen) atoms. The summed E-state index contributed by atoms with van der Waals surface area (Å²) in [6, 6.07) is 6.47. The Bertz CT molecular complexity index is 894. The van der Waals surface area contributed by atoms with E-state index in [4.69, 9.17) is 4.42 Å². The Morgan fingerprint density at radius 3 is 3.12 bits per heavy atom. The molecule has 1 aromatic carbocycles.